The Kier molecular flexibility index (Phi) is 4.00. The largest absolute Gasteiger partial charge is 0.331 e. The zero-order valence-electron chi connectivity index (χ0n) is 12.0. The Morgan fingerprint density at radius 2 is 2.00 bits per heavy atom. The summed E-state index contributed by atoms with van der Waals surface area (Å²) in [5.41, 5.74) is 4.22. The van der Waals surface area contributed by atoms with Crippen molar-refractivity contribution in [2.75, 3.05) is 0 Å². The third-order valence-electron chi connectivity index (χ3n) is 3.77. The maximum Gasteiger partial charge on any atom is 0.163 e. The lowest BCUT2D eigenvalue weighted by atomic mass is 10.0. The zero-order valence-corrected chi connectivity index (χ0v) is 12.8. The predicted molar refractivity (Wildman–Crippen MR) is 81.3 cm³/mol. The quantitative estimate of drug-likeness (QED) is 0.728. The van der Waals surface area contributed by atoms with E-state index in [0.717, 1.165) is 30.3 Å². The zero-order chi connectivity index (χ0) is 14.2. The van der Waals surface area contributed by atoms with Crippen molar-refractivity contribution in [3.63, 3.8) is 0 Å². The molecule has 102 valence electrons. The maximum absolute atomic E-state index is 11.9. The standard InChI is InChI=1S/C16H20ClNO/c1-5-6-9-18-15-11(3)10(2)7-8-13(15)14(12(4)19)16(18)17/h7-8H,5-6,9H2,1-4H3. The number of halogens is 1. The molecule has 0 fully saturated rings. The van der Waals surface area contributed by atoms with Crippen molar-refractivity contribution in [2.24, 2.45) is 0 Å². The van der Waals surface area contributed by atoms with Gasteiger partial charge in [0.05, 0.1) is 11.1 Å². The third kappa shape index (κ3) is 2.30. The normalized spacial score (nSPS) is 11.2. The van der Waals surface area contributed by atoms with E-state index in [4.69, 9.17) is 11.6 Å². The molecule has 2 aromatic rings. The molecule has 2 rings (SSSR count). The number of carbonyl (C=O) groups is 1. The van der Waals surface area contributed by atoms with Gasteiger partial charge in [0, 0.05) is 11.9 Å². The molecule has 0 aliphatic carbocycles. The summed E-state index contributed by atoms with van der Waals surface area (Å²) >= 11 is 6.45. The lowest BCUT2D eigenvalue weighted by molar-refractivity contribution is 0.101. The van der Waals surface area contributed by atoms with Gasteiger partial charge in [0.25, 0.3) is 0 Å². The molecule has 0 saturated heterocycles. The third-order valence-corrected chi connectivity index (χ3v) is 4.16. The number of Topliss-reactive ketones (excluding diaryl/α,β-unsaturated/α-hetero) is 1. The molecule has 2 nitrogen and oxygen atoms in total. The molecule has 0 N–H and O–H groups in total. The van der Waals surface area contributed by atoms with Crippen molar-refractivity contribution in [3.8, 4) is 0 Å². The van der Waals surface area contributed by atoms with Crippen LogP contribution in [0.5, 0.6) is 0 Å². The van der Waals surface area contributed by atoms with Crippen LogP contribution < -0.4 is 0 Å². The second kappa shape index (κ2) is 5.38. The van der Waals surface area contributed by atoms with Gasteiger partial charge in [0.1, 0.15) is 5.15 Å². The molecule has 0 aliphatic heterocycles. The van der Waals surface area contributed by atoms with E-state index in [0.29, 0.717) is 10.7 Å². The monoisotopic (exact) mass is 277 g/mol. The van der Waals surface area contributed by atoms with Crippen molar-refractivity contribution in [1.82, 2.24) is 4.57 Å². The molecule has 1 aromatic carbocycles. The van der Waals surface area contributed by atoms with E-state index in [1.54, 1.807) is 6.92 Å². The summed E-state index contributed by atoms with van der Waals surface area (Å²) in [6, 6.07) is 4.08. The first-order valence-corrected chi connectivity index (χ1v) is 7.15. The Bertz CT molecular complexity index is 640. The Morgan fingerprint density at radius 1 is 1.32 bits per heavy atom. The van der Waals surface area contributed by atoms with Crippen LogP contribution in [0.25, 0.3) is 10.9 Å². The molecule has 0 aliphatic rings. The van der Waals surface area contributed by atoms with E-state index in [1.165, 1.54) is 11.1 Å². The van der Waals surface area contributed by atoms with E-state index in [2.05, 4.69) is 31.4 Å². The predicted octanol–water partition coefficient (Wildman–Crippen LogP) is 4.91. The Balaban J connectivity index is 2.81. The van der Waals surface area contributed by atoms with Crippen molar-refractivity contribution in [1.29, 1.82) is 0 Å². The van der Waals surface area contributed by atoms with Gasteiger partial charge in [0.15, 0.2) is 5.78 Å². The minimum Gasteiger partial charge on any atom is -0.331 e. The lowest BCUT2D eigenvalue weighted by Gasteiger charge is -2.09. The summed E-state index contributed by atoms with van der Waals surface area (Å²) in [6.45, 7) is 8.79. The van der Waals surface area contributed by atoms with Crippen LogP contribution >= 0.6 is 11.6 Å². The van der Waals surface area contributed by atoms with Crippen LogP contribution in [0.2, 0.25) is 5.15 Å². The number of aromatic nitrogens is 1. The number of benzene rings is 1. The number of nitrogens with zero attached hydrogens (tertiary/aromatic N) is 1. The summed E-state index contributed by atoms with van der Waals surface area (Å²) in [5, 5.41) is 1.57. The summed E-state index contributed by atoms with van der Waals surface area (Å²) in [5.74, 6) is 0.0356. The fourth-order valence-corrected chi connectivity index (χ4v) is 2.96. The summed E-state index contributed by atoms with van der Waals surface area (Å²) in [6.07, 6.45) is 2.17. The van der Waals surface area contributed by atoms with Gasteiger partial charge in [0.2, 0.25) is 0 Å². The van der Waals surface area contributed by atoms with Crippen molar-refractivity contribution < 1.29 is 4.79 Å². The van der Waals surface area contributed by atoms with E-state index in [1.807, 2.05) is 6.07 Å². The molecular weight excluding hydrogens is 258 g/mol. The van der Waals surface area contributed by atoms with E-state index in [-0.39, 0.29) is 5.78 Å². The first-order valence-electron chi connectivity index (χ1n) is 6.77. The maximum atomic E-state index is 11.9. The first kappa shape index (κ1) is 14.1. The van der Waals surface area contributed by atoms with Gasteiger partial charge < -0.3 is 4.57 Å². The molecule has 0 spiro atoms. The number of ketones is 1. The number of carbonyl (C=O) groups excluding carboxylic acids is 1. The van der Waals surface area contributed by atoms with Gasteiger partial charge in [-0.1, -0.05) is 37.1 Å². The van der Waals surface area contributed by atoms with E-state index < -0.39 is 0 Å². The van der Waals surface area contributed by atoms with Crippen molar-refractivity contribution in [2.45, 2.75) is 47.1 Å². The molecule has 1 heterocycles. The van der Waals surface area contributed by atoms with Crippen molar-refractivity contribution >= 4 is 28.3 Å². The number of hydrogen-bond acceptors (Lipinski definition) is 1. The number of fused-ring (bicyclic) bond motifs is 1. The van der Waals surface area contributed by atoms with Gasteiger partial charge in [-0.15, -0.1) is 0 Å². The minimum absolute atomic E-state index is 0.0356. The van der Waals surface area contributed by atoms with Crippen LogP contribution in [0.4, 0.5) is 0 Å². The molecule has 0 amide bonds. The van der Waals surface area contributed by atoms with Gasteiger partial charge >= 0.3 is 0 Å². The van der Waals surface area contributed by atoms with Crippen LogP contribution in [0, 0.1) is 13.8 Å². The summed E-state index contributed by atoms with van der Waals surface area (Å²) < 4.78 is 2.10. The lowest BCUT2D eigenvalue weighted by Crippen LogP contribution is -2.00. The first-order chi connectivity index (χ1) is 8.99. The Morgan fingerprint density at radius 3 is 2.58 bits per heavy atom. The molecule has 3 heteroatoms. The molecule has 19 heavy (non-hydrogen) atoms. The van der Waals surface area contributed by atoms with Gasteiger partial charge in [-0.3, -0.25) is 4.79 Å². The van der Waals surface area contributed by atoms with Crippen LogP contribution in [0.3, 0.4) is 0 Å². The smallest absolute Gasteiger partial charge is 0.163 e. The van der Waals surface area contributed by atoms with Gasteiger partial charge in [-0.05, 0) is 38.3 Å². The van der Waals surface area contributed by atoms with E-state index in [9.17, 15) is 4.79 Å². The van der Waals surface area contributed by atoms with Gasteiger partial charge in [-0.25, -0.2) is 0 Å². The highest BCUT2D eigenvalue weighted by Gasteiger charge is 2.20. The number of rotatable bonds is 4. The Hall–Kier alpha value is -1.28. The molecule has 0 bridgehead atoms. The average Bonchev–Trinajstić information content (AvgIpc) is 2.64. The minimum atomic E-state index is 0.0356. The van der Waals surface area contributed by atoms with E-state index >= 15 is 0 Å². The highest BCUT2D eigenvalue weighted by Crippen LogP contribution is 2.34. The number of hydrogen-bond donors (Lipinski definition) is 0. The highest BCUT2D eigenvalue weighted by atomic mass is 35.5. The van der Waals surface area contributed by atoms with Crippen LogP contribution in [-0.4, -0.2) is 10.4 Å². The fourth-order valence-electron chi connectivity index (χ4n) is 2.56. The highest BCUT2D eigenvalue weighted by molar-refractivity contribution is 6.35. The summed E-state index contributed by atoms with van der Waals surface area (Å²) in [4.78, 5) is 11.9. The summed E-state index contributed by atoms with van der Waals surface area (Å²) in [7, 11) is 0. The molecule has 0 unspecified atom stereocenters. The number of unbranched alkanes of at least 4 members (excludes halogenated alkanes) is 1. The van der Waals surface area contributed by atoms with Crippen LogP contribution in [0.15, 0.2) is 12.1 Å². The molecule has 1 aromatic heterocycles. The van der Waals surface area contributed by atoms with Crippen LogP contribution in [0.1, 0.15) is 48.2 Å². The second-order valence-corrected chi connectivity index (χ2v) is 5.49. The van der Waals surface area contributed by atoms with Crippen LogP contribution in [-0.2, 0) is 6.54 Å². The fraction of sp³-hybridized carbons (Fsp3) is 0.438. The Labute approximate surface area is 119 Å². The average molecular weight is 278 g/mol. The van der Waals surface area contributed by atoms with Crippen molar-refractivity contribution in [3.05, 3.63) is 34.0 Å². The molecule has 0 atom stereocenters. The molecule has 0 saturated carbocycles. The molecular formula is C16H20ClNO. The topological polar surface area (TPSA) is 22.0 Å². The van der Waals surface area contributed by atoms with Gasteiger partial charge in [-0.2, -0.15) is 0 Å². The number of aryl methyl sites for hydroxylation is 3. The second-order valence-electron chi connectivity index (χ2n) is 5.13. The SMILES string of the molecule is CCCCn1c(Cl)c(C(C)=O)c2ccc(C)c(C)c21. The molecule has 0 radical (unpaired) electrons.